The van der Waals surface area contributed by atoms with Gasteiger partial charge in [-0.15, -0.1) is 0 Å². The maximum absolute atomic E-state index is 5.65. The van der Waals surface area contributed by atoms with Crippen LogP contribution in [0.1, 0.15) is 12.6 Å². The van der Waals surface area contributed by atoms with Gasteiger partial charge < -0.3 is 5.73 Å². The number of nitrogen functional groups attached to an aromatic ring is 1. The van der Waals surface area contributed by atoms with Crippen LogP contribution in [0.5, 0.6) is 0 Å². The van der Waals surface area contributed by atoms with Crippen molar-refractivity contribution < 1.29 is 0 Å². The molecule has 0 saturated heterocycles. The second kappa shape index (κ2) is 4.40. The molecule has 0 fully saturated rings. The summed E-state index contributed by atoms with van der Waals surface area (Å²) in [5.74, 6) is 2.27. The second-order valence-corrected chi connectivity index (χ2v) is 4.00. The molecule has 0 atom stereocenters. The maximum atomic E-state index is 5.65. The Labute approximate surface area is 77.3 Å². The SMILES string of the molecule is CCSCCn1ncc(N)c1C. The van der Waals surface area contributed by atoms with Crippen LogP contribution in [-0.2, 0) is 6.54 Å². The topological polar surface area (TPSA) is 43.8 Å². The van der Waals surface area contributed by atoms with Crippen LogP contribution < -0.4 is 5.73 Å². The number of hydrogen-bond acceptors (Lipinski definition) is 3. The highest BCUT2D eigenvalue weighted by molar-refractivity contribution is 7.99. The summed E-state index contributed by atoms with van der Waals surface area (Å²) in [7, 11) is 0. The van der Waals surface area contributed by atoms with E-state index < -0.39 is 0 Å². The zero-order valence-electron chi connectivity index (χ0n) is 7.58. The Morgan fingerprint density at radius 3 is 2.92 bits per heavy atom. The highest BCUT2D eigenvalue weighted by Crippen LogP contribution is 2.09. The summed E-state index contributed by atoms with van der Waals surface area (Å²) >= 11 is 1.92. The first-order valence-corrected chi connectivity index (χ1v) is 5.26. The minimum absolute atomic E-state index is 0.788. The molecule has 1 aromatic heterocycles. The number of hydrogen-bond donors (Lipinski definition) is 1. The molecule has 0 amide bonds. The van der Waals surface area contributed by atoms with Crippen molar-refractivity contribution in [3.8, 4) is 0 Å². The standard InChI is InChI=1S/C8H15N3S/c1-3-12-5-4-11-7(2)8(9)6-10-11/h6H,3-5,9H2,1-2H3. The number of nitrogens with two attached hydrogens (primary N) is 1. The maximum Gasteiger partial charge on any atom is 0.0730 e. The molecule has 0 aliphatic rings. The van der Waals surface area contributed by atoms with Crippen LogP contribution in [0, 0.1) is 6.92 Å². The molecule has 0 unspecified atom stereocenters. The van der Waals surface area contributed by atoms with Gasteiger partial charge in [0.1, 0.15) is 0 Å². The van der Waals surface area contributed by atoms with Crippen molar-refractivity contribution in [1.82, 2.24) is 9.78 Å². The lowest BCUT2D eigenvalue weighted by Gasteiger charge is -2.02. The van der Waals surface area contributed by atoms with Crippen LogP contribution in [-0.4, -0.2) is 21.3 Å². The molecule has 0 aromatic carbocycles. The first-order chi connectivity index (χ1) is 5.75. The molecular weight excluding hydrogens is 170 g/mol. The highest BCUT2D eigenvalue weighted by atomic mass is 32.2. The van der Waals surface area contributed by atoms with Crippen molar-refractivity contribution in [3.63, 3.8) is 0 Å². The molecular formula is C8H15N3S. The Morgan fingerprint density at radius 2 is 2.42 bits per heavy atom. The fourth-order valence-corrected chi connectivity index (χ4v) is 1.57. The Hall–Kier alpha value is -0.640. The smallest absolute Gasteiger partial charge is 0.0730 e. The second-order valence-electron chi connectivity index (χ2n) is 2.61. The van der Waals surface area contributed by atoms with E-state index in [9.17, 15) is 0 Å². The molecule has 0 saturated carbocycles. The summed E-state index contributed by atoms with van der Waals surface area (Å²) in [6.07, 6.45) is 1.71. The lowest BCUT2D eigenvalue weighted by atomic mass is 10.4. The fourth-order valence-electron chi connectivity index (χ4n) is 0.982. The minimum atomic E-state index is 0.788. The van der Waals surface area contributed by atoms with E-state index in [-0.39, 0.29) is 0 Å². The normalized spacial score (nSPS) is 10.5. The third-order valence-electron chi connectivity index (χ3n) is 1.79. The summed E-state index contributed by atoms with van der Waals surface area (Å²) in [5, 5.41) is 4.17. The number of aromatic nitrogens is 2. The fraction of sp³-hybridized carbons (Fsp3) is 0.625. The van der Waals surface area contributed by atoms with E-state index in [2.05, 4.69) is 12.0 Å². The van der Waals surface area contributed by atoms with Crippen LogP contribution in [0.4, 0.5) is 5.69 Å². The molecule has 0 aliphatic heterocycles. The van der Waals surface area contributed by atoms with Crippen molar-refractivity contribution in [1.29, 1.82) is 0 Å². The van der Waals surface area contributed by atoms with Crippen LogP contribution in [0.15, 0.2) is 6.20 Å². The first-order valence-electron chi connectivity index (χ1n) is 4.11. The zero-order valence-corrected chi connectivity index (χ0v) is 8.40. The monoisotopic (exact) mass is 185 g/mol. The van der Waals surface area contributed by atoms with Gasteiger partial charge in [-0.3, -0.25) is 4.68 Å². The van der Waals surface area contributed by atoms with Crippen LogP contribution in [0.3, 0.4) is 0 Å². The first kappa shape index (κ1) is 9.45. The van der Waals surface area contributed by atoms with E-state index in [1.165, 1.54) is 0 Å². The van der Waals surface area contributed by atoms with Crippen LogP contribution >= 0.6 is 11.8 Å². The van der Waals surface area contributed by atoms with Gasteiger partial charge in [0.15, 0.2) is 0 Å². The molecule has 4 heteroatoms. The molecule has 2 N–H and O–H groups in total. The third-order valence-corrected chi connectivity index (χ3v) is 2.67. The molecule has 1 aromatic rings. The molecule has 3 nitrogen and oxygen atoms in total. The Bertz CT molecular complexity index is 244. The highest BCUT2D eigenvalue weighted by Gasteiger charge is 2.00. The number of anilines is 1. The van der Waals surface area contributed by atoms with Crippen molar-refractivity contribution >= 4 is 17.4 Å². The summed E-state index contributed by atoms with van der Waals surface area (Å²) in [4.78, 5) is 0. The van der Waals surface area contributed by atoms with Crippen molar-refractivity contribution in [2.24, 2.45) is 0 Å². The van der Waals surface area contributed by atoms with Gasteiger partial charge in [-0.2, -0.15) is 16.9 Å². The van der Waals surface area contributed by atoms with Crippen molar-refractivity contribution in [3.05, 3.63) is 11.9 Å². The summed E-state index contributed by atoms with van der Waals surface area (Å²) in [6.45, 7) is 5.12. The zero-order chi connectivity index (χ0) is 8.97. The van der Waals surface area contributed by atoms with E-state index in [4.69, 9.17) is 5.73 Å². The van der Waals surface area contributed by atoms with Crippen LogP contribution in [0.2, 0.25) is 0 Å². The molecule has 0 bridgehead atoms. The molecule has 0 aliphatic carbocycles. The Balaban J connectivity index is 2.46. The van der Waals surface area contributed by atoms with E-state index >= 15 is 0 Å². The van der Waals surface area contributed by atoms with Gasteiger partial charge in [0, 0.05) is 5.75 Å². The van der Waals surface area contributed by atoms with Gasteiger partial charge in [-0.1, -0.05) is 6.92 Å². The molecule has 68 valence electrons. The number of thioether (sulfide) groups is 1. The van der Waals surface area contributed by atoms with Gasteiger partial charge in [0.05, 0.1) is 24.1 Å². The number of nitrogens with zero attached hydrogens (tertiary/aromatic N) is 2. The lowest BCUT2D eigenvalue weighted by molar-refractivity contribution is 0.646. The Morgan fingerprint density at radius 1 is 1.67 bits per heavy atom. The van der Waals surface area contributed by atoms with Crippen molar-refractivity contribution in [2.45, 2.75) is 20.4 Å². The summed E-state index contributed by atoms with van der Waals surface area (Å²) in [5.41, 5.74) is 7.52. The molecule has 1 heterocycles. The van der Waals surface area contributed by atoms with Gasteiger partial charge in [-0.05, 0) is 12.7 Å². The average molecular weight is 185 g/mol. The van der Waals surface area contributed by atoms with Gasteiger partial charge in [0.2, 0.25) is 0 Å². The Kier molecular flexibility index (Phi) is 3.47. The van der Waals surface area contributed by atoms with E-state index in [0.717, 1.165) is 29.4 Å². The van der Waals surface area contributed by atoms with Crippen molar-refractivity contribution in [2.75, 3.05) is 17.2 Å². The van der Waals surface area contributed by atoms with E-state index in [0.29, 0.717) is 0 Å². The predicted molar refractivity (Wildman–Crippen MR) is 54.4 cm³/mol. The molecule has 0 spiro atoms. The third kappa shape index (κ3) is 2.17. The molecule has 12 heavy (non-hydrogen) atoms. The van der Waals surface area contributed by atoms with E-state index in [1.54, 1.807) is 6.20 Å². The summed E-state index contributed by atoms with van der Waals surface area (Å²) in [6, 6.07) is 0. The predicted octanol–water partition coefficient (Wildman–Crippen LogP) is 1.53. The van der Waals surface area contributed by atoms with Gasteiger partial charge in [0.25, 0.3) is 0 Å². The largest absolute Gasteiger partial charge is 0.396 e. The van der Waals surface area contributed by atoms with E-state index in [1.807, 2.05) is 23.4 Å². The molecule has 1 rings (SSSR count). The number of aryl methyl sites for hydroxylation is 1. The quantitative estimate of drug-likeness (QED) is 0.723. The molecule has 0 radical (unpaired) electrons. The average Bonchev–Trinajstić information content (AvgIpc) is 2.36. The lowest BCUT2D eigenvalue weighted by Crippen LogP contribution is -2.04. The number of rotatable bonds is 4. The minimum Gasteiger partial charge on any atom is -0.396 e. The van der Waals surface area contributed by atoms with Gasteiger partial charge >= 0.3 is 0 Å². The van der Waals surface area contributed by atoms with Gasteiger partial charge in [-0.25, -0.2) is 0 Å². The van der Waals surface area contributed by atoms with Crippen LogP contribution in [0.25, 0.3) is 0 Å². The summed E-state index contributed by atoms with van der Waals surface area (Å²) < 4.78 is 1.96.